The lowest BCUT2D eigenvalue weighted by Crippen LogP contribution is -2.33. The van der Waals surface area contributed by atoms with Crippen molar-refractivity contribution in [2.24, 2.45) is 5.73 Å². The summed E-state index contributed by atoms with van der Waals surface area (Å²) in [5, 5.41) is 3.25. The number of halogens is 2. The van der Waals surface area contributed by atoms with Crippen molar-refractivity contribution in [1.82, 2.24) is 5.32 Å². The number of carbonyl (C=O) groups is 1. The molecule has 0 saturated carbocycles. The van der Waals surface area contributed by atoms with Crippen molar-refractivity contribution in [3.63, 3.8) is 0 Å². The summed E-state index contributed by atoms with van der Waals surface area (Å²) in [4.78, 5) is 13.6. The minimum Gasteiger partial charge on any atom is -0.369 e. The Hall–Kier alpha value is -2.47. The molecule has 1 aliphatic rings. The van der Waals surface area contributed by atoms with Crippen molar-refractivity contribution >= 4 is 11.6 Å². The molecule has 1 atom stereocenters. The van der Waals surface area contributed by atoms with Crippen molar-refractivity contribution in [3.8, 4) is 0 Å². The summed E-state index contributed by atoms with van der Waals surface area (Å²) in [5.74, 6) is -1.32. The maximum atomic E-state index is 13.7. The Morgan fingerprint density at radius 3 is 2.83 bits per heavy atom. The Morgan fingerprint density at radius 2 is 2.04 bits per heavy atom. The highest BCUT2D eigenvalue weighted by Gasteiger charge is 2.25. The molecule has 1 aliphatic heterocycles. The van der Waals surface area contributed by atoms with Gasteiger partial charge in [-0.25, -0.2) is 8.78 Å². The molecule has 4 nitrogen and oxygen atoms in total. The number of anilines is 1. The topological polar surface area (TPSA) is 58.4 Å². The van der Waals surface area contributed by atoms with Crippen LogP contribution in [0.3, 0.4) is 0 Å². The van der Waals surface area contributed by atoms with Crippen LogP contribution in [-0.2, 0) is 6.54 Å². The number of nitrogens with zero attached hydrogens (tertiary/aromatic N) is 1. The van der Waals surface area contributed by atoms with Crippen molar-refractivity contribution in [2.75, 3.05) is 18.0 Å². The standard InChI is InChI=1S/C18H19F2N3O/c19-13-5-6-16(20)12(9-13)10-22-14-7-8-23(11-14)17-4-2-1-3-15(17)18(21)24/h1-6,9,14,22H,7-8,10-11H2,(H2,21,24). The van der Waals surface area contributed by atoms with Gasteiger partial charge in [-0.05, 0) is 36.8 Å². The Bertz CT molecular complexity index is 751. The van der Waals surface area contributed by atoms with Gasteiger partial charge in [-0.15, -0.1) is 0 Å². The number of benzene rings is 2. The van der Waals surface area contributed by atoms with Gasteiger partial charge in [0.2, 0.25) is 0 Å². The van der Waals surface area contributed by atoms with Gasteiger partial charge >= 0.3 is 0 Å². The molecule has 126 valence electrons. The summed E-state index contributed by atoms with van der Waals surface area (Å²) >= 11 is 0. The molecule has 1 fully saturated rings. The summed E-state index contributed by atoms with van der Waals surface area (Å²) in [7, 11) is 0. The lowest BCUT2D eigenvalue weighted by atomic mass is 10.1. The van der Waals surface area contributed by atoms with E-state index in [9.17, 15) is 13.6 Å². The third kappa shape index (κ3) is 3.54. The lowest BCUT2D eigenvalue weighted by Gasteiger charge is -2.21. The highest BCUT2D eigenvalue weighted by atomic mass is 19.1. The molecule has 0 aliphatic carbocycles. The fraction of sp³-hybridized carbons (Fsp3) is 0.278. The van der Waals surface area contributed by atoms with Crippen LogP contribution in [0.4, 0.5) is 14.5 Å². The van der Waals surface area contributed by atoms with E-state index in [0.717, 1.165) is 30.8 Å². The van der Waals surface area contributed by atoms with E-state index < -0.39 is 17.5 Å². The van der Waals surface area contributed by atoms with Crippen LogP contribution in [0.2, 0.25) is 0 Å². The number of primary amides is 1. The summed E-state index contributed by atoms with van der Waals surface area (Å²) in [6.07, 6.45) is 0.851. The smallest absolute Gasteiger partial charge is 0.250 e. The molecule has 2 aromatic carbocycles. The van der Waals surface area contributed by atoms with E-state index in [1.54, 1.807) is 12.1 Å². The van der Waals surface area contributed by atoms with E-state index in [1.165, 1.54) is 6.07 Å². The first-order chi connectivity index (χ1) is 11.5. The molecule has 2 aromatic rings. The Kier molecular flexibility index (Phi) is 4.76. The molecule has 0 radical (unpaired) electrons. The van der Waals surface area contributed by atoms with Crippen molar-refractivity contribution < 1.29 is 13.6 Å². The molecule has 6 heteroatoms. The SMILES string of the molecule is NC(=O)c1ccccc1N1CCC(NCc2cc(F)ccc2F)C1. The zero-order valence-corrected chi connectivity index (χ0v) is 13.1. The first-order valence-electron chi connectivity index (χ1n) is 7.85. The van der Waals surface area contributed by atoms with Gasteiger partial charge in [-0.1, -0.05) is 12.1 Å². The fourth-order valence-corrected chi connectivity index (χ4v) is 3.04. The molecule has 1 heterocycles. The van der Waals surface area contributed by atoms with Crippen LogP contribution in [0.5, 0.6) is 0 Å². The van der Waals surface area contributed by atoms with Gasteiger partial charge in [0.1, 0.15) is 11.6 Å². The molecule has 1 amide bonds. The number of nitrogens with two attached hydrogens (primary N) is 1. The van der Waals surface area contributed by atoms with Crippen LogP contribution in [0.15, 0.2) is 42.5 Å². The Balaban J connectivity index is 1.64. The van der Waals surface area contributed by atoms with E-state index in [4.69, 9.17) is 5.73 Å². The number of hydrogen-bond acceptors (Lipinski definition) is 3. The van der Waals surface area contributed by atoms with Gasteiger partial charge in [-0.3, -0.25) is 4.79 Å². The molecule has 3 rings (SSSR count). The number of para-hydroxylation sites is 1. The maximum Gasteiger partial charge on any atom is 0.250 e. The fourth-order valence-electron chi connectivity index (χ4n) is 3.04. The van der Waals surface area contributed by atoms with E-state index in [-0.39, 0.29) is 12.6 Å². The van der Waals surface area contributed by atoms with E-state index in [0.29, 0.717) is 17.7 Å². The summed E-state index contributed by atoms with van der Waals surface area (Å²) < 4.78 is 26.9. The summed E-state index contributed by atoms with van der Waals surface area (Å²) in [5.41, 5.74) is 7.04. The highest BCUT2D eigenvalue weighted by molar-refractivity contribution is 5.98. The first kappa shape index (κ1) is 16.4. The average Bonchev–Trinajstić information content (AvgIpc) is 3.04. The molecular formula is C18H19F2N3O. The van der Waals surface area contributed by atoms with Crippen LogP contribution in [0, 0.1) is 11.6 Å². The first-order valence-corrected chi connectivity index (χ1v) is 7.85. The number of carbonyl (C=O) groups excluding carboxylic acids is 1. The number of rotatable bonds is 5. The van der Waals surface area contributed by atoms with Crippen LogP contribution >= 0.6 is 0 Å². The van der Waals surface area contributed by atoms with Gasteiger partial charge in [0, 0.05) is 36.9 Å². The second-order valence-corrected chi connectivity index (χ2v) is 5.93. The number of amides is 1. The molecule has 3 N–H and O–H groups in total. The third-order valence-corrected chi connectivity index (χ3v) is 4.29. The predicted octanol–water partition coefficient (Wildman–Crippen LogP) is 2.43. The van der Waals surface area contributed by atoms with Crippen molar-refractivity contribution in [1.29, 1.82) is 0 Å². The van der Waals surface area contributed by atoms with Crippen LogP contribution < -0.4 is 16.0 Å². The zero-order chi connectivity index (χ0) is 17.1. The van der Waals surface area contributed by atoms with Crippen LogP contribution in [-0.4, -0.2) is 25.0 Å². The average molecular weight is 331 g/mol. The molecule has 1 saturated heterocycles. The van der Waals surface area contributed by atoms with Gasteiger partial charge in [0.05, 0.1) is 5.56 Å². The number of hydrogen-bond donors (Lipinski definition) is 2. The van der Waals surface area contributed by atoms with Gasteiger partial charge in [0.25, 0.3) is 5.91 Å². The maximum absolute atomic E-state index is 13.7. The normalized spacial score (nSPS) is 17.2. The lowest BCUT2D eigenvalue weighted by molar-refractivity contribution is 0.100. The Labute approximate surface area is 139 Å². The van der Waals surface area contributed by atoms with Crippen molar-refractivity contribution in [3.05, 3.63) is 65.2 Å². The second-order valence-electron chi connectivity index (χ2n) is 5.93. The van der Waals surface area contributed by atoms with Gasteiger partial charge < -0.3 is 16.0 Å². The summed E-state index contributed by atoms with van der Waals surface area (Å²) in [6, 6.07) is 10.8. The van der Waals surface area contributed by atoms with Crippen LogP contribution in [0.25, 0.3) is 0 Å². The number of nitrogens with one attached hydrogen (secondary N) is 1. The quantitative estimate of drug-likeness (QED) is 0.885. The molecule has 24 heavy (non-hydrogen) atoms. The molecule has 0 aromatic heterocycles. The van der Waals surface area contributed by atoms with Gasteiger partial charge in [-0.2, -0.15) is 0 Å². The van der Waals surface area contributed by atoms with E-state index in [2.05, 4.69) is 10.2 Å². The zero-order valence-electron chi connectivity index (χ0n) is 13.1. The second kappa shape index (κ2) is 6.97. The van der Waals surface area contributed by atoms with Crippen LogP contribution in [0.1, 0.15) is 22.3 Å². The minimum atomic E-state index is -0.455. The Morgan fingerprint density at radius 1 is 1.25 bits per heavy atom. The van der Waals surface area contributed by atoms with E-state index >= 15 is 0 Å². The van der Waals surface area contributed by atoms with E-state index in [1.807, 2.05) is 12.1 Å². The monoisotopic (exact) mass is 331 g/mol. The third-order valence-electron chi connectivity index (χ3n) is 4.29. The minimum absolute atomic E-state index is 0.133. The molecule has 0 spiro atoms. The molecule has 0 bridgehead atoms. The molecular weight excluding hydrogens is 312 g/mol. The highest BCUT2D eigenvalue weighted by Crippen LogP contribution is 2.24. The summed E-state index contributed by atoms with van der Waals surface area (Å²) in [6.45, 7) is 1.72. The predicted molar refractivity (Wildman–Crippen MR) is 88.8 cm³/mol. The van der Waals surface area contributed by atoms with Gasteiger partial charge in [0.15, 0.2) is 0 Å². The van der Waals surface area contributed by atoms with Crippen molar-refractivity contribution in [2.45, 2.75) is 19.0 Å². The molecule has 1 unspecified atom stereocenters. The largest absolute Gasteiger partial charge is 0.369 e.